The molecule has 1 aliphatic heterocycles. The summed E-state index contributed by atoms with van der Waals surface area (Å²) in [6, 6.07) is 12.5. The summed E-state index contributed by atoms with van der Waals surface area (Å²) in [5, 5.41) is 4.78. The number of nitrogens with one attached hydrogen (secondary N) is 1. The van der Waals surface area contributed by atoms with E-state index < -0.39 is 24.1 Å². The average molecular weight is 368 g/mol. The molecule has 0 spiro atoms. The van der Waals surface area contributed by atoms with Crippen molar-refractivity contribution in [3.63, 3.8) is 0 Å². The molecule has 0 aliphatic carbocycles. The molecule has 0 saturated carbocycles. The molecule has 0 atom stereocenters. The van der Waals surface area contributed by atoms with Crippen LogP contribution in [0.2, 0.25) is 0 Å². The third kappa shape index (κ3) is 3.79. The Balaban J connectivity index is 1.71. The Labute approximate surface area is 158 Å². The van der Waals surface area contributed by atoms with Crippen molar-refractivity contribution in [1.29, 1.82) is 0 Å². The minimum absolute atomic E-state index is 0.341. The number of imide groups is 1. The highest BCUT2D eigenvalue weighted by Crippen LogP contribution is 2.28. The van der Waals surface area contributed by atoms with Crippen molar-refractivity contribution in [2.24, 2.45) is 0 Å². The molecule has 1 saturated heterocycles. The molecule has 0 radical (unpaired) electrons. The predicted molar refractivity (Wildman–Crippen MR) is 102 cm³/mol. The van der Waals surface area contributed by atoms with Gasteiger partial charge >= 0.3 is 12.0 Å². The molecule has 6 heteroatoms. The Hall–Kier alpha value is -2.89. The van der Waals surface area contributed by atoms with Gasteiger partial charge in [0.2, 0.25) is 0 Å². The third-order valence-corrected chi connectivity index (χ3v) is 4.84. The molecule has 3 amide bonds. The number of hydrogen-bond donors (Lipinski definition) is 1. The van der Waals surface area contributed by atoms with E-state index in [1.807, 2.05) is 44.2 Å². The van der Waals surface area contributed by atoms with Crippen LogP contribution in [0.25, 0.3) is 10.8 Å². The van der Waals surface area contributed by atoms with E-state index in [1.165, 1.54) is 0 Å². The van der Waals surface area contributed by atoms with Crippen molar-refractivity contribution in [3.8, 4) is 5.75 Å². The summed E-state index contributed by atoms with van der Waals surface area (Å²) in [7, 11) is 0. The van der Waals surface area contributed by atoms with E-state index >= 15 is 0 Å². The van der Waals surface area contributed by atoms with Crippen molar-refractivity contribution in [1.82, 2.24) is 10.2 Å². The number of fused-ring (bicyclic) bond motifs is 1. The highest BCUT2D eigenvalue weighted by molar-refractivity contribution is 6.08. The summed E-state index contributed by atoms with van der Waals surface area (Å²) in [6.07, 6.45) is 2.64. The quantitative estimate of drug-likeness (QED) is 0.460. The maximum Gasteiger partial charge on any atom is 0.331 e. The fraction of sp³-hybridized carbons (Fsp3) is 0.381. The fourth-order valence-corrected chi connectivity index (χ4v) is 3.66. The molecule has 3 rings (SSSR count). The number of ether oxygens (including phenoxy) is 1. The minimum Gasteiger partial charge on any atom is -0.425 e. The second-order valence-electron chi connectivity index (χ2n) is 6.89. The predicted octanol–water partition coefficient (Wildman–Crippen LogP) is 3.64. The maximum absolute atomic E-state index is 12.8. The van der Waals surface area contributed by atoms with Gasteiger partial charge in [-0.05, 0) is 35.7 Å². The normalized spacial score (nSPS) is 15.9. The number of rotatable bonds is 7. The second kappa shape index (κ2) is 7.78. The second-order valence-corrected chi connectivity index (χ2v) is 6.89. The number of esters is 1. The molecule has 0 aromatic heterocycles. The standard InChI is InChI=1S/C21H24N2O4/c1-3-11-21(12-4-2)19(25)23(20(26)22-21)14-18(24)27-17-10-9-15-7-5-6-8-16(15)13-17/h5-10,13H,3-4,11-12,14H2,1-2H3,(H,22,26). The lowest BCUT2D eigenvalue weighted by Gasteiger charge is -2.25. The van der Waals surface area contributed by atoms with Gasteiger partial charge in [0, 0.05) is 0 Å². The Bertz CT molecular complexity index is 871. The van der Waals surface area contributed by atoms with Gasteiger partial charge in [0.15, 0.2) is 0 Å². The highest BCUT2D eigenvalue weighted by Gasteiger charge is 2.50. The summed E-state index contributed by atoms with van der Waals surface area (Å²) < 4.78 is 5.36. The van der Waals surface area contributed by atoms with Crippen LogP contribution in [-0.2, 0) is 9.59 Å². The Kier molecular flexibility index (Phi) is 5.44. The molecule has 2 aromatic rings. The lowest BCUT2D eigenvalue weighted by Crippen LogP contribution is -2.47. The molecule has 1 fully saturated rings. The first-order chi connectivity index (χ1) is 13.0. The SMILES string of the molecule is CCCC1(CCC)NC(=O)N(CC(=O)Oc2ccc3ccccc3c2)C1=O. The van der Waals surface area contributed by atoms with E-state index in [1.54, 1.807) is 12.1 Å². The summed E-state index contributed by atoms with van der Waals surface area (Å²) in [5.74, 6) is -0.594. The first-order valence-corrected chi connectivity index (χ1v) is 9.32. The van der Waals surface area contributed by atoms with Crippen LogP contribution in [0.15, 0.2) is 42.5 Å². The van der Waals surface area contributed by atoms with Crippen LogP contribution in [0.5, 0.6) is 5.75 Å². The zero-order valence-electron chi connectivity index (χ0n) is 15.7. The van der Waals surface area contributed by atoms with Crippen molar-refractivity contribution >= 4 is 28.7 Å². The lowest BCUT2D eigenvalue weighted by atomic mass is 9.88. The van der Waals surface area contributed by atoms with Gasteiger partial charge in [-0.1, -0.05) is 57.0 Å². The number of amides is 3. The topological polar surface area (TPSA) is 75.7 Å². The molecule has 1 N–H and O–H groups in total. The van der Waals surface area contributed by atoms with E-state index in [0.717, 1.165) is 28.5 Å². The molecular formula is C21H24N2O4. The number of carbonyl (C=O) groups excluding carboxylic acids is 3. The van der Waals surface area contributed by atoms with Crippen molar-refractivity contribution in [2.45, 2.75) is 45.1 Å². The number of hydrogen-bond acceptors (Lipinski definition) is 4. The van der Waals surface area contributed by atoms with Crippen LogP contribution in [0.1, 0.15) is 39.5 Å². The molecule has 27 heavy (non-hydrogen) atoms. The van der Waals surface area contributed by atoms with Gasteiger partial charge < -0.3 is 10.1 Å². The molecule has 1 heterocycles. The monoisotopic (exact) mass is 368 g/mol. The van der Waals surface area contributed by atoms with E-state index in [9.17, 15) is 14.4 Å². The van der Waals surface area contributed by atoms with Crippen molar-refractivity contribution in [2.75, 3.05) is 6.54 Å². The molecule has 0 unspecified atom stereocenters. The Morgan fingerprint density at radius 1 is 1.04 bits per heavy atom. The number of benzene rings is 2. The summed E-state index contributed by atoms with van der Waals surface area (Å²) in [4.78, 5) is 38.4. The van der Waals surface area contributed by atoms with Gasteiger partial charge in [0.05, 0.1) is 0 Å². The zero-order chi connectivity index (χ0) is 19.4. The van der Waals surface area contributed by atoms with Gasteiger partial charge in [-0.25, -0.2) is 9.59 Å². The van der Waals surface area contributed by atoms with Gasteiger partial charge in [-0.2, -0.15) is 0 Å². The third-order valence-electron chi connectivity index (χ3n) is 4.84. The van der Waals surface area contributed by atoms with Crippen LogP contribution in [0.4, 0.5) is 4.79 Å². The smallest absolute Gasteiger partial charge is 0.331 e. The van der Waals surface area contributed by atoms with E-state index in [-0.39, 0.29) is 5.91 Å². The average Bonchev–Trinajstić information content (AvgIpc) is 2.86. The maximum atomic E-state index is 12.8. The molecule has 2 aromatic carbocycles. The number of nitrogens with zero attached hydrogens (tertiary/aromatic N) is 1. The zero-order valence-corrected chi connectivity index (χ0v) is 15.7. The van der Waals surface area contributed by atoms with Crippen LogP contribution in [0, 0.1) is 0 Å². The first-order valence-electron chi connectivity index (χ1n) is 9.32. The molecule has 0 bridgehead atoms. The molecule has 142 valence electrons. The van der Waals surface area contributed by atoms with Crippen LogP contribution < -0.4 is 10.1 Å². The van der Waals surface area contributed by atoms with Gasteiger partial charge in [-0.15, -0.1) is 0 Å². The van der Waals surface area contributed by atoms with E-state index in [4.69, 9.17) is 4.74 Å². The van der Waals surface area contributed by atoms with Crippen molar-refractivity contribution < 1.29 is 19.1 Å². The largest absolute Gasteiger partial charge is 0.425 e. The van der Waals surface area contributed by atoms with Gasteiger partial charge in [0.25, 0.3) is 5.91 Å². The Morgan fingerprint density at radius 3 is 2.37 bits per heavy atom. The van der Waals surface area contributed by atoms with Gasteiger partial charge in [0.1, 0.15) is 17.8 Å². The number of carbonyl (C=O) groups is 3. The summed E-state index contributed by atoms with van der Waals surface area (Å²) >= 11 is 0. The first kappa shape index (κ1) is 18.9. The van der Waals surface area contributed by atoms with Crippen LogP contribution in [-0.4, -0.2) is 34.9 Å². The molecule has 6 nitrogen and oxygen atoms in total. The molecular weight excluding hydrogens is 344 g/mol. The molecule has 1 aliphatic rings. The summed E-state index contributed by atoms with van der Waals surface area (Å²) in [6.45, 7) is 3.54. The van der Waals surface area contributed by atoms with E-state index in [0.29, 0.717) is 18.6 Å². The van der Waals surface area contributed by atoms with Crippen molar-refractivity contribution in [3.05, 3.63) is 42.5 Å². The Morgan fingerprint density at radius 2 is 1.70 bits per heavy atom. The summed E-state index contributed by atoms with van der Waals surface area (Å²) in [5.41, 5.74) is -0.899. The fourth-order valence-electron chi connectivity index (χ4n) is 3.66. The lowest BCUT2D eigenvalue weighted by molar-refractivity contribution is -0.141. The van der Waals surface area contributed by atoms with Gasteiger partial charge in [-0.3, -0.25) is 9.69 Å². The van der Waals surface area contributed by atoms with Crippen LogP contribution >= 0.6 is 0 Å². The van der Waals surface area contributed by atoms with E-state index in [2.05, 4.69) is 5.32 Å². The minimum atomic E-state index is -0.899. The van der Waals surface area contributed by atoms with Crippen LogP contribution in [0.3, 0.4) is 0 Å². The number of urea groups is 1. The highest BCUT2D eigenvalue weighted by atomic mass is 16.5.